The summed E-state index contributed by atoms with van der Waals surface area (Å²) in [5.41, 5.74) is 3.96. The summed E-state index contributed by atoms with van der Waals surface area (Å²) in [7, 11) is 0. The van der Waals surface area contributed by atoms with Crippen LogP contribution in [0, 0.1) is 0 Å². The van der Waals surface area contributed by atoms with Gasteiger partial charge in [0.25, 0.3) is 5.91 Å². The Balaban J connectivity index is 1.46. The average Bonchev–Trinajstić information content (AvgIpc) is 2.80. The van der Waals surface area contributed by atoms with E-state index in [-0.39, 0.29) is 12.1 Å². The number of para-hydroxylation sites is 1. The van der Waals surface area contributed by atoms with Crippen LogP contribution in [0.3, 0.4) is 0 Å². The summed E-state index contributed by atoms with van der Waals surface area (Å²) in [5, 5.41) is 3.55. The van der Waals surface area contributed by atoms with E-state index >= 15 is 0 Å². The Morgan fingerprint density at radius 2 is 1.67 bits per heavy atom. The van der Waals surface area contributed by atoms with Crippen molar-refractivity contribution in [2.45, 2.75) is 32.4 Å². The third kappa shape index (κ3) is 4.48. The van der Waals surface area contributed by atoms with Gasteiger partial charge in [0, 0.05) is 18.7 Å². The highest BCUT2D eigenvalue weighted by Gasteiger charge is 2.32. The number of hydrogen-bond acceptors (Lipinski definition) is 3. The van der Waals surface area contributed by atoms with Crippen molar-refractivity contribution in [2.75, 3.05) is 18.5 Å². The Morgan fingerprint density at radius 1 is 0.933 bits per heavy atom. The maximum Gasteiger partial charge on any atom is 0.257 e. The zero-order valence-electron chi connectivity index (χ0n) is 17.4. The van der Waals surface area contributed by atoms with E-state index in [2.05, 4.69) is 36.5 Å². The molecule has 0 saturated carbocycles. The number of rotatable bonds is 8. The fraction of sp³-hybridized carbons (Fsp3) is 0.269. The minimum Gasteiger partial charge on any atom is -0.493 e. The third-order valence-electron chi connectivity index (χ3n) is 5.47. The smallest absolute Gasteiger partial charge is 0.257 e. The Morgan fingerprint density at radius 3 is 2.43 bits per heavy atom. The van der Waals surface area contributed by atoms with Crippen LogP contribution in [0.15, 0.2) is 78.9 Å². The first-order chi connectivity index (χ1) is 14.8. The number of amides is 1. The fourth-order valence-corrected chi connectivity index (χ4v) is 3.79. The lowest BCUT2D eigenvalue weighted by Crippen LogP contribution is -2.43. The van der Waals surface area contributed by atoms with Crippen LogP contribution in [0.4, 0.5) is 5.69 Å². The van der Waals surface area contributed by atoms with Crippen LogP contribution in [-0.4, -0.2) is 24.0 Å². The van der Waals surface area contributed by atoms with Gasteiger partial charge in [0.2, 0.25) is 0 Å². The molecule has 0 fully saturated rings. The van der Waals surface area contributed by atoms with Gasteiger partial charge in [-0.05, 0) is 41.8 Å². The van der Waals surface area contributed by atoms with Gasteiger partial charge < -0.3 is 15.0 Å². The molecule has 30 heavy (non-hydrogen) atoms. The Kier molecular flexibility index (Phi) is 6.33. The maximum atomic E-state index is 13.1. The van der Waals surface area contributed by atoms with Gasteiger partial charge in [0.15, 0.2) is 0 Å². The zero-order valence-corrected chi connectivity index (χ0v) is 17.4. The molecular formula is C26H28N2O2. The second-order valence-corrected chi connectivity index (χ2v) is 7.60. The lowest BCUT2D eigenvalue weighted by atomic mass is 10.0. The number of ether oxygens (including phenoxy) is 1. The van der Waals surface area contributed by atoms with E-state index < -0.39 is 0 Å². The summed E-state index contributed by atoms with van der Waals surface area (Å²) in [4.78, 5) is 15.1. The van der Waals surface area contributed by atoms with Crippen molar-refractivity contribution in [2.24, 2.45) is 0 Å². The first kappa shape index (κ1) is 20.0. The molecule has 0 aromatic heterocycles. The molecule has 154 valence electrons. The Hall–Kier alpha value is -3.27. The van der Waals surface area contributed by atoms with Crippen LogP contribution in [0.25, 0.3) is 0 Å². The third-order valence-corrected chi connectivity index (χ3v) is 5.47. The summed E-state index contributed by atoms with van der Waals surface area (Å²) in [6.07, 6.45) is 2.74. The number of unbranched alkanes of at least 4 members (excludes halogenated alkanes) is 1. The fourth-order valence-electron chi connectivity index (χ4n) is 3.79. The molecule has 0 radical (unpaired) electrons. The van der Waals surface area contributed by atoms with Gasteiger partial charge in [-0.3, -0.25) is 4.79 Å². The first-order valence-electron chi connectivity index (χ1n) is 10.7. The SMILES string of the molecule is CCCCN1C(=O)c2ccccc2NC1c1ccc(OCCc2ccccc2)cc1. The molecule has 1 unspecified atom stereocenters. The predicted molar refractivity (Wildman–Crippen MR) is 121 cm³/mol. The molecule has 1 amide bonds. The molecule has 1 atom stereocenters. The topological polar surface area (TPSA) is 41.6 Å². The first-order valence-corrected chi connectivity index (χ1v) is 10.7. The van der Waals surface area contributed by atoms with Gasteiger partial charge in [-0.25, -0.2) is 0 Å². The molecule has 3 aromatic rings. The molecule has 1 heterocycles. The van der Waals surface area contributed by atoms with E-state index in [0.29, 0.717) is 6.61 Å². The number of carbonyl (C=O) groups is 1. The molecule has 4 rings (SSSR count). The highest BCUT2D eigenvalue weighted by Crippen LogP contribution is 2.33. The average molecular weight is 401 g/mol. The largest absolute Gasteiger partial charge is 0.493 e. The van der Waals surface area contributed by atoms with Crippen LogP contribution < -0.4 is 10.1 Å². The van der Waals surface area contributed by atoms with Crippen molar-refractivity contribution < 1.29 is 9.53 Å². The molecule has 1 N–H and O–H groups in total. The van der Waals surface area contributed by atoms with Crippen molar-refractivity contribution in [3.8, 4) is 5.75 Å². The van der Waals surface area contributed by atoms with Crippen LogP contribution in [0.1, 0.15) is 47.4 Å². The zero-order chi connectivity index (χ0) is 20.8. The van der Waals surface area contributed by atoms with Gasteiger partial charge in [0.05, 0.1) is 12.2 Å². The number of anilines is 1. The quantitative estimate of drug-likeness (QED) is 0.529. The monoisotopic (exact) mass is 400 g/mol. The van der Waals surface area contributed by atoms with E-state index in [1.54, 1.807) is 0 Å². The molecule has 3 aromatic carbocycles. The van der Waals surface area contributed by atoms with E-state index in [1.807, 2.05) is 59.5 Å². The number of carbonyl (C=O) groups excluding carboxylic acids is 1. The highest BCUT2D eigenvalue weighted by molar-refractivity contribution is 6.01. The van der Waals surface area contributed by atoms with E-state index in [4.69, 9.17) is 4.74 Å². The molecule has 0 saturated heterocycles. The minimum atomic E-state index is -0.169. The van der Waals surface area contributed by atoms with E-state index in [0.717, 1.165) is 48.4 Å². The summed E-state index contributed by atoms with van der Waals surface area (Å²) < 4.78 is 5.92. The molecular weight excluding hydrogens is 372 g/mol. The van der Waals surface area contributed by atoms with Gasteiger partial charge in [0.1, 0.15) is 11.9 Å². The normalized spacial score (nSPS) is 15.4. The van der Waals surface area contributed by atoms with Crippen molar-refractivity contribution in [3.05, 3.63) is 95.6 Å². The van der Waals surface area contributed by atoms with Crippen molar-refractivity contribution >= 4 is 11.6 Å². The second kappa shape index (κ2) is 9.49. The van der Waals surface area contributed by atoms with Crippen molar-refractivity contribution in [3.63, 3.8) is 0 Å². The number of hydrogen-bond donors (Lipinski definition) is 1. The molecule has 4 heteroatoms. The Labute approximate surface area is 178 Å². The van der Waals surface area contributed by atoms with Gasteiger partial charge in [-0.15, -0.1) is 0 Å². The number of fused-ring (bicyclic) bond motifs is 1. The molecule has 1 aliphatic rings. The lowest BCUT2D eigenvalue weighted by molar-refractivity contribution is 0.0680. The predicted octanol–water partition coefficient (Wildman–Crippen LogP) is 5.67. The summed E-state index contributed by atoms with van der Waals surface area (Å²) in [5.74, 6) is 0.934. The maximum absolute atomic E-state index is 13.1. The number of nitrogens with one attached hydrogen (secondary N) is 1. The van der Waals surface area contributed by atoms with Gasteiger partial charge in [-0.2, -0.15) is 0 Å². The van der Waals surface area contributed by atoms with Crippen LogP contribution in [0.5, 0.6) is 5.75 Å². The Bertz CT molecular complexity index is 970. The molecule has 0 spiro atoms. The summed E-state index contributed by atoms with van der Waals surface area (Å²) in [6.45, 7) is 3.52. The van der Waals surface area contributed by atoms with Gasteiger partial charge >= 0.3 is 0 Å². The summed E-state index contributed by atoms with van der Waals surface area (Å²) >= 11 is 0. The van der Waals surface area contributed by atoms with Crippen LogP contribution in [0.2, 0.25) is 0 Å². The standard InChI is InChI=1S/C26H28N2O2/c1-2-3-18-28-25(27-24-12-8-7-11-23(24)26(28)29)21-13-15-22(16-14-21)30-19-17-20-9-5-4-6-10-20/h4-16,25,27H,2-3,17-19H2,1H3. The van der Waals surface area contributed by atoms with Crippen LogP contribution >= 0.6 is 0 Å². The van der Waals surface area contributed by atoms with E-state index in [9.17, 15) is 4.79 Å². The van der Waals surface area contributed by atoms with Crippen molar-refractivity contribution in [1.82, 2.24) is 4.90 Å². The van der Waals surface area contributed by atoms with Gasteiger partial charge in [-0.1, -0.05) is 67.9 Å². The number of benzene rings is 3. The van der Waals surface area contributed by atoms with E-state index in [1.165, 1.54) is 5.56 Å². The highest BCUT2D eigenvalue weighted by atomic mass is 16.5. The van der Waals surface area contributed by atoms with Crippen LogP contribution in [-0.2, 0) is 6.42 Å². The summed E-state index contributed by atoms with van der Waals surface area (Å²) in [6, 6.07) is 26.2. The lowest BCUT2D eigenvalue weighted by Gasteiger charge is -2.38. The molecule has 4 nitrogen and oxygen atoms in total. The molecule has 0 aliphatic carbocycles. The minimum absolute atomic E-state index is 0.0889. The second-order valence-electron chi connectivity index (χ2n) is 7.60. The molecule has 0 bridgehead atoms. The van der Waals surface area contributed by atoms with Crippen molar-refractivity contribution in [1.29, 1.82) is 0 Å². The number of nitrogens with zero attached hydrogens (tertiary/aromatic N) is 1. The molecule has 1 aliphatic heterocycles.